The van der Waals surface area contributed by atoms with E-state index in [-0.39, 0.29) is 11.8 Å². The van der Waals surface area contributed by atoms with Crippen molar-refractivity contribution in [3.63, 3.8) is 0 Å². The number of imidazole rings is 1. The zero-order valence-corrected chi connectivity index (χ0v) is 20.4. The largest absolute Gasteiger partial charge is 0.491 e. The molecule has 5 aromatic rings. The van der Waals surface area contributed by atoms with E-state index < -0.39 is 0 Å². The third-order valence-corrected chi connectivity index (χ3v) is 7.16. The summed E-state index contributed by atoms with van der Waals surface area (Å²) in [6.45, 7) is 3.95. The Morgan fingerprint density at radius 1 is 0.917 bits per heavy atom. The van der Waals surface area contributed by atoms with Crippen molar-refractivity contribution in [3.8, 4) is 5.75 Å². The summed E-state index contributed by atoms with van der Waals surface area (Å²) in [5.41, 5.74) is 4.25. The predicted octanol–water partition coefficient (Wildman–Crippen LogP) is 6.35. The van der Waals surface area contributed by atoms with Crippen molar-refractivity contribution < 1.29 is 9.53 Å². The summed E-state index contributed by atoms with van der Waals surface area (Å²) < 4.78 is 8.52. The van der Waals surface area contributed by atoms with Crippen LogP contribution in [0.25, 0.3) is 21.8 Å². The van der Waals surface area contributed by atoms with Gasteiger partial charge in [-0.25, -0.2) is 4.98 Å². The summed E-state index contributed by atoms with van der Waals surface area (Å²) in [7, 11) is 0. The van der Waals surface area contributed by atoms with Crippen LogP contribution in [0.1, 0.15) is 30.7 Å². The molecule has 1 aliphatic heterocycles. The lowest BCUT2D eigenvalue weighted by atomic mass is 10.1. The second-order valence-electron chi connectivity index (χ2n) is 9.32. The average molecular weight is 476 g/mol. The van der Waals surface area contributed by atoms with Gasteiger partial charge in [-0.1, -0.05) is 73.7 Å². The quantitative estimate of drug-likeness (QED) is 0.276. The van der Waals surface area contributed by atoms with E-state index in [9.17, 15) is 4.79 Å². The molecule has 0 aliphatic carbocycles. The van der Waals surface area contributed by atoms with E-state index in [0.717, 1.165) is 40.1 Å². The highest BCUT2D eigenvalue weighted by Crippen LogP contribution is 2.35. The molecule has 1 unspecified atom stereocenters. The standard InChI is InChI=1S/C31H29N3O2/c1-2-22-10-4-7-15-27(22)34-21-24(20-30(34)35)31-32-26-14-6-8-16-28(26)33(31)18-19-36-29-17-9-12-23-11-3-5-13-25(23)29/h3-17,24H,2,18-21H2,1H3. The van der Waals surface area contributed by atoms with Crippen LogP contribution in [0.4, 0.5) is 5.69 Å². The van der Waals surface area contributed by atoms with E-state index in [1.165, 1.54) is 10.9 Å². The summed E-state index contributed by atoms with van der Waals surface area (Å²) in [5, 5.41) is 2.28. The number of para-hydroxylation sites is 3. The molecule has 6 rings (SSSR count). The normalized spacial score (nSPS) is 15.8. The zero-order valence-electron chi connectivity index (χ0n) is 20.4. The van der Waals surface area contributed by atoms with Crippen molar-refractivity contribution in [2.24, 2.45) is 0 Å². The monoisotopic (exact) mass is 475 g/mol. The highest BCUT2D eigenvalue weighted by molar-refractivity contribution is 5.97. The molecule has 1 saturated heterocycles. The van der Waals surface area contributed by atoms with Crippen molar-refractivity contribution in [3.05, 3.63) is 102 Å². The fourth-order valence-electron chi connectivity index (χ4n) is 5.40. The molecule has 1 aliphatic rings. The minimum Gasteiger partial charge on any atom is -0.491 e. The minimum absolute atomic E-state index is 0.0346. The maximum Gasteiger partial charge on any atom is 0.227 e. The summed E-state index contributed by atoms with van der Waals surface area (Å²) in [6, 6.07) is 30.8. The Kier molecular flexibility index (Phi) is 5.90. The molecule has 0 spiro atoms. The summed E-state index contributed by atoms with van der Waals surface area (Å²) in [4.78, 5) is 20.1. The zero-order chi connectivity index (χ0) is 24.5. The van der Waals surface area contributed by atoms with Crippen molar-refractivity contribution in [1.82, 2.24) is 9.55 Å². The van der Waals surface area contributed by atoms with Crippen LogP contribution in [0, 0.1) is 0 Å². The molecule has 4 aromatic carbocycles. The number of aromatic nitrogens is 2. The van der Waals surface area contributed by atoms with Crippen LogP contribution in [-0.2, 0) is 17.8 Å². The van der Waals surface area contributed by atoms with Gasteiger partial charge in [0.25, 0.3) is 0 Å². The maximum absolute atomic E-state index is 13.1. The highest BCUT2D eigenvalue weighted by Gasteiger charge is 2.35. The fourth-order valence-corrected chi connectivity index (χ4v) is 5.40. The van der Waals surface area contributed by atoms with Crippen LogP contribution >= 0.6 is 0 Å². The molecular formula is C31H29N3O2. The summed E-state index contributed by atoms with van der Waals surface area (Å²) >= 11 is 0. The predicted molar refractivity (Wildman–Crippen MR) is 145 cm³/mol. The maximum atomic E-state index is 13.1. The van der Waals surface area contributed by atoms with E-state index in [0.29, 0.717) is 26.1 Å². The molecular weight excluding hydrogens is 446 g/mol. The molecule has 0 N–H and O–H groups in total. The van der Waals surface area contributed by atoms with Gasteiger partial charge in [-0.05, 0) is 41.6 Å². The second-order valence-corrected chi connectivity index (χ2v) is 9.32. The Balaban J connectivity index is 1.28. The molecule has 1 amide bonds. The van der Waals surface area contributed by atoms with Gasteiger partial charge < -0.3 is 14.2 Å². The van der Waals surface area contributed by atoms with Gasteiger partial charge in [0.1, 0.15) is 18.2 Å². The Morgan fingerprint density at radius 3 is 2.61 bits per heavy atom. The number of anilines is 1. The average Bonchev–Trinajstić information content (AvgIpc) is 3.49. The number of hydrogen-bond acceptors (Lipinski definition) is 3. The first-order valence-corrected chi connectivity index (χ1v) is 12.7. The van der Waals surface area contributed by atoms with Gasteiger partial charge in [-0.3, -0.25) is 4.79 Å². The number of ether oxygens (including phenoxy) is 1. The molecule has 36 heavy (non-hydrogen) atoms. The summed E-state index contributed by atoms with van der Waals surface area (Å²) in [5.74, 6) is 2.04. The number of benzene rings is 4. The van der Waals surface area contributed by atoms with Gasteiger partial charge in [-0.15, -0.1) is 0 Å². The van der Waals surface area contributed by atoms with Crippen LogP contribution in [0.5, 0.6) is 5.75 Å². The Bertz CT molecular complexity index is 1550. The molecule has 0 saturated carbocycles. The van der Waals surface area contributed by atoms with Gasteiger partial charge in [-0.2, -0.15) is 0 Å². The van der Waals surface area contributed by atoms with Gasteiger partial charge >= 0.3 is 0 Å². The van der Waals surface area contributed by atoms with Crippen LogP contribution in [-0.4, -0.2) is 28.6 Å². The molecule has 1 aromatic heterocycles. The Hall–Kier alpha value is -4.12. The molecule has 0 radical (unpaired) electrons. The number of aryl methyl sites for hydroxylation is 1. The van der Waals surface area contributed by atoms with Gasteiger partial charge in [0.15, 0.2) is 0 Å². The summed E-state index contributed by atoms with van der Waals surface area (Å²) in [6.07, 6.45) is 1.36. The van der Waals surface area contributed by atoms with Crippen LogP contribution < -0.4 is 9.64 Å². The molecule has 1 atom stereocenters. The van der Waals surface area contributed by atoms with E-state index in [4.69, 9.17) is 9.72 Å². The number of rotatable bonds is 7. The lowest BCUT2D eigenvalue weighted by molar-refractivity contribution is -0.117. The third-order valence-electron chi connectivity index (χ3n) is 7.16. The Morgan fingerprint density at radius 2 is 1.69 bits per heavy atom. The molecule has 1 fully saturated rings. The number of hydrogen-bond donors (Lipinski definition) is 0. The number of carbonyl (C=O) groups is 1. The molecule has 2 heterocycles. The molecule has 0 bridgehead atoms. The first kappa shape index (κ1) is 22.4. The van der Waals surface area contributed by atoms with Crippen LogP contribution in [0.3, 0.4) is 0 Å². The van der Waals surface area contributed by atoms with Crippen molar-refractivity contribution >= 4 is 33.4 Å². The van der Waals surface area contributed by atoms with Gasteiger partial charge in [0.05, 0.1) is 17.6 Å². The first-order chi connectivity index (χ1) is 17.7. The van der Waals surface area contributed by atoms with E-state index in [2.05, 4.69) is 47.9 Å². The lowest BCUT2D eigenvalue weighted by Gasteiger charge is -2.20. The molecule has 5 heteroatoms. The van der Waals surface area contributed by atoms with Crippen LogP contribution in [0.2, 0.25) is 0 Å². The number of nitrogens with zero attached hydrogens (tertiary/aromatic N) is 3. The highest BCUT2D eigenvalue weighted by atomic mass is 16.5. The SMILES string of the molecule is CCc1ccccc1N1CC(c2nc3ccccc3n2CCOc2cccc3ccccc23)CC1=O. The van der Waals surface area contributed by atoms with Gasteiger partial charge in [0.2, 0.25) is 5.91 Å². The number of fused-ring (bicyclic) bond motifs is 2. The fraction of sp³-hybridized carbons (Fsp3) is 0.226. The molecule has 5 nitrogen and oxygen atoms in total. The van der Waals surface area contributed by atoms with Crippen molar-refractivity contribution in [1.29, 1.82) is 0 Å². The number of amides is 1. The van der Waals surface area contributed by atoms with Crippen molar-refractivity contribution in [2.45, 2.75) is 32.2 Å². The van der Waals surface area contributed by atoms with E-state index >= 15 is 0 Å². The van der Waals surface area contributed by atoms with Crippen molar-refractivity contribution in [2.75, 3.05) is 18.1 Å². The lowest BCUT2D eigenvalue weighted by Crippen LogP contribution is -2.25. The minimum atomic E-state index is 0.0346. The Labute approximate surface area is 210 Å². The second kappa shape index (κ2) is 9.50. The van der Waals surface area contributed by atoms with Gasteiger partial charge in [0, 0.05) is 30.0 Å². The third kappa shape index (κ3) is 4.01. The topological polar surface area (TPSA) is 47.4 Å². The van der Waals surface area contributed by atoms with Crippen LogP contribution in [0.15, 0.2) is 91.0 Å². The van der Waals surface area contributed by atoms with E-state index in [1.54, 1.807) is 0 Å². The molecule has 180 valence electrons. The van der Waals surface area contributed by atoms with E-state index in [1.807, 2.05) is 59.5 Å². The number of carbonyl (C=O) groups excluding carboxylic acids is 1. The first-order valence-electron chi connectivity index (χ1n) is 12.7. The smallest absolute Gasteiger partial charge is 0.227 e.